The van der Waals surface area contributed by atoms with Gasteiger partial charge >= 0.3 is 0 Å². The van der Waals surface area contributed by atoms with Crippen LogP contribution in [-0.2, 0) is 11.2 Å². The van der Waals surface area contributed by atoms with E-state index in [1.165, 1.54) is 28.5 Å². The minimum atomic E-state index is -0.0120. The Hall–Kier alpha value is -2.33. The van der Waals surface area contributed by atoms with Crippen molar-refractivity contribution >= 4 is 34.3 Å². The summed E-state index contributed by atoms with van der Waals surface area (Å²) in [6.07, 6.45) is 0.902. The van der Waals surface area contributed by atoms with E-state index in [0.29, 0.717) is 5.75 Å². The number of thioether (sulfide) groups is 1. The quantitative estimate of drug-likeness (QED) is 0.648. The summed E-state index contributed by atoms with van der Waals surface area (Å²) in [5, 5.41) is 5.03. The molecule has 4 heteroatoms. The number of aromatic nitrogens is 1. The van der Waals surface area contributed by atoms with E-state index in [-0.39, 0.29) is 5.91 Å². The van der Waals surface area contributed by atoms with Gasteiger partial charge in [-0.1, -0.05) is 48.5 Å². The van der Waals surface area contributed by atoms with Gasteiger partial charge in [-0.25, -0.2) is 4.98 Å². The van der Waals surface area contributed by atoms with E-state index in [9.17, 15) is 4.79 Å². The number of carbonyl (C=O) groups is 1. The number of anilines is 1. The van der Waals surface area contributed by atoms with Crippen LogP contribution >= 0.6 is 11.8 Å². The van der Waals surface area contributed by atoms with Crippen molar-refractivity contribution in [2.45, 2.75) is 32.2 Å². The van der Waals surface area contributed by atoms with Crippen molar-refractivity contribution in [2.75, 3.05) is 11.1 Å². The molecule has 3 aromatic rings. The minimum absolute atomic E-state index is 0.0120. The van der Waals surface area contributed by atoms with Crippen LogP contribution in [0.2, 0.25) is 0 Å². The minimum Gasteiger partial charge on any atom is -0.325 e. The van der Waals surface area contributed by atoms with Crippen molar-refractivity contribution in [3.63, 3.8) is 0 Å². The van der Waals surface area contributed by atoms with Crippen LogP contribution in [0.1, 0.15) is 23.6 Å². The molecule has 1 amide bonds. The average Bonchev–Trinajstić information content (AvgIpc) is 2.61. The van der Waals surface area contributed by atoms with Gasteiger partial charge in [0.25, 0.3) is 0 Å². The Labute approximate surface area is 152 Å². The fourth-order valence-electron chi connectivity index (χ4n) is 2.65. The van der Waals surface area contributed by atoms with Crippen molar-refractivity contribution < 1.29 is 4.79 Å². The van der Waals surface area contributed by atoms with Crippen LogP contribution < -0.4 is 5.32 Å². The van der Waals surface area contributed by atoms with Crippen LogP contribution in [0.3, 0.4) is 0 Å². The maximum absolute atomic E-state index is 12.2. The number of hydrogen-bond donors (Lipinski definition) is 1. The SMILES string of the molecule is CCc1cc2ccc(C)cc2nc1SCC(=O)Nc1ccc(C)cc1. The number of aryl methyl sites for hydroxylation is 3. The van der Waals surface area contributed by atoms with Crippen molar-refractivity contribution in [1.29, 1.82) is 0 Å². The molecule has 3 rings (SSSR count). The smallest absolute Gasteiger partial charge is 0.234 e. The number of rotatable bonds is 5. The molecule has 0 aliphatic heterocycles. The van der Waals surface area contributed by atoms with Crippen LogP contribution in [0.5, 0.6) is 0 Å². The molecule has 0 fully saturated rings. The number of benzene rings is 2. The van der Waals surface area contributed by atoms with E-state index < -0.39 is 0 Å². The molecule has 128 valence electrons. The highest BCUT2D eigenvalue weighted by Crippen LogP contribution is 2.26. The first kappa shape index (κ1) is 17.5. The number of amides is 1. The molecule has 0 saturated heterocycles. The van der Waals surface area contributed by atoms with Crippen molar-refractivity contribution in [2.24, 2.45) is 0 Å². The van der Waals surface area contributed by atoms with Gasteiger partial charge in [0.2, 0.25) is 5.91 Å². The van der Waals surface area contributed by atoms with E-state index in [1.54, 1.807) is 0 Å². The molecule has 0 bridgehead atoms. The summed E-state index contributed by atoms with van der Waals surface area (Å²) in [6.45, 7) is 6.21. The second-order valence-corrected chi connectivity index (χ2v) is 7.17. The van der Waals surface area contributed by atoms with Gasteiger partial charge < -0.3 is 5.32 Å². The lowest BCUT2D eigenvalue weighted by atomic mass is 10.1. The lowest BCUT2D eigenvalue weighted by molar-refractivity contribution is -0.113. The van der Waals surface area contributed by atoms with Crippen LogP contribution in [0.4, 0.5) is 5.69 Å². The molecule has 0 radical (unpaired) electrons. The third-order valence-electron chi connectivity index (χ3n) is 4.07. The standard InChI is InChI=1S/C21H22N2OS/c1-4-16-12-17-8-5-15(3)11-19(17)23-21(16)25-13-20(24)22-18-9-6-14(2)7-10-18/h5-12H,4,13H2,1-3H3,(H,22,24). The Morgan fingerprint density at radius 2 is 1.76 bits per heavy atom. The molecule has 0 spiro atoms. The Bertz CT molecular complexity index is 904. The van der Waals surface area contributed by atoms with Gasteiger partial charge in [-0.05, 0) is 55.7 Å². The Morgan fingerprint density at radius 3 is 2.48 bits per heavy atom. The summed E-state index contributed by atoms with van der Waals surface area (Å²) < 4.78 is 0. The summed E-state index contributed by atoms with van der Waals surface area (Å²) in [5.74, 6) is 0.340. The molecular formula is C21H22N2OS. The van der Waals surface area contributed by atoms with E-state index >= 15 is 0 Å². The molecule has 1 N–H and O–H groups in total. The first-order valence-corrected chi connectivity index (χ1v) is 9.43. The van der Waals surface area contributed by atoms with Gasteiger partial charge in [0.15, 0.2) is 0 Å². The number of hydrogen-bond acceptors (Lipinski definition) is 3. The van der Waals surface area contributed by atoms with E-state index in [4.69, 9.17) is 4.98 Å². The van der Waals surface area contributed by atoms with E-state index in [0.717, 1.165) is 28.0 Å². The highest BCUT2D eigenvalue weighted by Gasteiger charge is 2.10. The molecule has 0 atom stereocenters. The Kier molecular flexibility index (Phi) is 5.39. The lowest BCUT2D eigenvalue weighted by Gasteiger charge is -2.10. The molecule has 2 aromatic carbocycles. The second-order valence-electron chi connectivity index (χ2n) is 6.21. The maximum atomic E-state index is 12.2. The molecule has 0 unspecified atom stereocenters. The molecule has 0 aliphatic rings. The van der Waals surface area contributed by atoms with Crippen LogP contribution in [0, 0.1) is 13.8 Å². The number of pyridine rings is 1. The summed E-state index contributed by atoms with van der Waals surface area (Å²) in [5.41, 5.74) is 5.37. The fourth-order valence-corrected chi connectivity index (χ4v) is 3.54. The first-order valence-electron chi connectivity index (χ1n) is 8.45. The summed E-state index contributed by atoms with van der Waals surface area (Å²) >= 11 is 1.50. The van der Waals surface area contributed by atoms with Gasteiger partial charge in [0.1, 0.15) is 5.03 Å². The van der Waals surface area contributed by atoms with Gasteiger partial charge in [0.05, 0.1) is 11.3 Å². The zero-order valence-corrected chi connectivity index (χ0v) is 15.6. The predicted molar refractivity (Wildman–Crippen MR) is 106 cm³/mol. The number of fused-ring (bicyclic) bond motifs is 1. The number of nitrogens with one attached hydrogen (secondary N) is 1. The van der Waals surface area contributed by atoms with E-state index in [1.807, 2.05) is 31.2 Å². The zero-order chi connectivity index (χ0) is 17.8. The molecular weight excluding hydrogens is 328 g/mol. The topological polar surface area (TPSA) is 42.0 Å². The number of nitrogens with zero attached hydrogens (tertiary/aromatic N) is 1. The van der Waals surface area contributed by atoms with Crippen molar-refractivity contribution in [1.82, 2.24) is 4.98 Å². The summed E-state index contributed by atoms with van der Waals surface area (Å²) in [6, 6.07) is 16.3. The molecule has 1 heterocycles. The zero-order valence-electron chi connectivity index (χ0n) is 14.8. The van der Waals surface area contributed by atoms with Gasteiger partial charge in [-0.15, -0.1) is 0 Å². The summed E-state index contributed by atoms with van der Waals surface area (Å²) in [7, 11) is 0. The predicted octanol–water partition coefficient (Wildman–Crippen LogP) is 5.14. The van der Waals surface area contributed by atoms with Crippen LogP contribution in [0.15, 0.2) is 53.6 Å². The number of carbonyl (C=O) groups excluding carboxylic acids is 1. The third-order valence-corrected chi connectivity index (χ3v) is 5.10. The molecule has 3 nitrogen and oxygen atoms in total. The largest absolute Gasteiger partial charge is 0.325 e. The first-order chi connectivity index (χ1) is 12.0. The Balaban J connectivity index is 1.73. The van der Waals surface area contributed by atoms with Crippen LogP contribution in [0.25, 0.3) is 10.9 Å². The van der Waals surface area contributed by atoms with Gasteiger partial charge in [-0.2, -0.15) is 0 Å². The average molecular weight is 350 g/mol. The lowest BCUT2D eigenvalue weighted by Crippen LogP contribution is -2.14. The second kappa shape index (κ2) is 7.70. The van der Waals surface area contributed by atoms with Gasteiger partial charge in [-0.3, -0.25) is 4.79 Å². The summed E-state index contributed by atoms with van der Waals surface area (Å²) in [4.78, 5) is 17.0. The Morgan fingerprint density at radius 1 is 1.04 bits per heavy atom. The van der Waals surface area contributed by atoms with Crippen molar-refractivity contribution in [3.8, 4) is 0 Å². The van der Waals surface area contributed by atoms with Gasteiger partial charge in [0, 0.05) is 11.1 Å². The third kappa shape index (κ3) is 4.40. The fraction of sp³-hybridized carbons (Fsp3) is 0.238. The maximum Gasteiger partial charge on any atom is 0.234 e. The molecule has 1 aromatic heterocycles. The molecule has 25 heavy (non-hydrogen) atoms. The van der Waals surface area contributed by atoms with Crippen LogP contribution in [-0.4, -0.2) is 16.6 Å². The van der Waals surface area contributed by atoms with E-state index in [2.05, 4.69) is 43.4 Å². The monoisotopic (exact) mass is 350 g/mol. The molecule has 0 aliphatic carbocycles. The highest BCUT2D eigenvalue weighted by molar-refractivity contribution is 8.00. The van der Waals surface area contributed by atoms with Crippen molar-refractivity contribution in [3.05, 3.63) is 65.2 Å². The molecule has 0 saturated carbocycles. The normalized spacial score (nSPS) is 10.8. The highest BCUT2D eigenvalue weighted by atomic mass is 32.2.